The van der Waals surface area contributed by atoms with Crippen LogP contribution in [-0.4, -0.2) is 35.4 Å². The van der Waals surface area contributed by atoms with Crippen LogP contribution in [0.3, 0.4) is 0 Å². The van der Waals surface area contributed by atoms with E-state index in [1.165, 1.54) is 32.1 Å². The van der Waals surface area contributed by atoms with Crippen molar-refractivity contribution in [3.05, 3.63) is 0 Å². The van der Waals surface area contributed by atoms with Gasteiger partial charge in [0, 0.05) is 12.6 Å². The summed E-state index contributed by atoms with van der Waals surface area (Å²) in [7, 11) is 0. The summed E-state index contributed by atoms with van der Waals surface area (Å²) in [6.45, 7) is 3.07. The molecular weight excluding hydrogens is 176 g/mol. The fourth-order valence-corrected chi connectivity index (χ4v) is 2.38. The van der Waals surface area contributed by atoms with E-state index >= 15 is 0 Å². The zero-order chi connectivity index (χ0) is 10.4. The van der Waals surface area contributed by atoms with Crippen LogP contribution >= 0.6 is 0 Å². The Bertz CT molecular complexity index is 146. The smallest absolute Gasteiger partial charge is 0.0572 e. The van der Waals surface area contributed by atoms with Gasteiger partial charge in [0.15, 0.2) is 0 Å². The second-order valence-electron chi connectivity index (χ2n) is 4.23. The monoisotopic (exact) mass is 200 g/mol. The lowest BCUT2D eigenvalue weighted by molar-refractivity contribution is 0.0805. The molecule has 1 aliphatic carbocycles. The Morgan fingerprint density at radius 2 is 2.00 bits per heavy atom. The fraction of sp³-hybridized carbons (Fsp3) is 1.00. The topological polar surface area (TPSA) is 49.5 Å². The Morgan fingerprint density at radius 1 is 1.36 bits per heavy atom. The fourth-order valence-electron chi connectivity index (χ4n) is 2.38. The average Bonchev–Trinajstić information content (AvgIpc) is 2.26. The molecule has 0 spiro atoms. The lowest BCUT2D eigenvalue weighted by Gasteiger charge is -2.37. The summed E-state index contributed by atoms with van der Waals surface area (Å²) in [5.74, 6) is 0. The quantitative estimate of drug-likeness (QED) is 0.658. The molecule has 0 saturated heterocycles. The Hall–Kier alpha value is -0.120. The molecule has 1 unspecified atom stereocenters. The number of aliphatic hydroxyl groups excluding tert-OH is 1. The van der Waals surface area contributed by atoms with Gasteiger partial charge in [0.25, 0.3) is 0 Å². The van der Waals surface area contributed by atoms with Gasteiger partial charge in [-0.3, -0.25) is 4.90 Å². The van der Waals surface area contributed by atoms with Crippen molar-refractivity contribution in [3.63, 3.8) is 0 Å². The van der Waals surface area contributed by atoms with Gasteiger partial charge in [-0.05, 0) is 19.3 Å². The van der Waals surface area contributed by atoms with Gasteiger partial charge in [0.2, 0.25) is 0 Å². The van der Waals surface area contributed by atoms with Crippen LogP contribution in [-0.2, 0) is 0 Å². The van der Waals surface area contributed by atoms with Crippen LogP contribution in [0.2, 0.25) is 0 Å². The van der Waals surface area contributed by atoms with Crippen molar-refractivity contribution in [2.75, 3.05) is 13.2 Å². The van der Waals surface area contributed by atoms with Crippen molar-refractivity contribution in [3.8, 4) is 0 Å². The summed E-state index contributed by atoms with van der Waals surface area (Å²) >= 11 is 0. The molecular formula is C11H24N2O. The third-order valence-corrected chi connectivity index (χ3v) is 3.25. The summed E-state index contributed by atoms with van der Waals surface area (Å²) in [6.07, 6.45) is 7.62. The van der Waals surface area contributed by atoms with Gasteiger partial charge in [0.05, 0.1) is 12.8 Å². The van der Waals surface area contributed by atoms with Crippen molar-refractivity contribution in [1.29, 1.82) is 0 Å². The third-order valence-electron chi connectivity index (χ3n) is 3.25. The summed E-state index contributed by atoms with van der Waals surface area (Å²) in [5.41, 5.74) is 6.05. The van der Waals surface area contributed by atoms with E-state index < -0.39 is 0 Å². The van der Waals surface area contributed by atoms with Crippen molar-refractivity contribution >= 4 is 0 Å². The normalized spacial score (nSPS) is 21.4. The molecule has 84 valence electrons. The number of nitrogens with zero attached hydrogens (tertiary/aromatic N) is 1. The maximum absolute atomic E-state index is 9.01. The summed E-state index contributed by atoms with van der Waals surface area (Å²) in [6, 6.07) is 0.617. The predicted octanol–water partition coefficient (Wildman–Crippen LogP) is 1.31. The van der Waals surface area contributed by atoms with Crippen LogP contribution in [0.5, 0.6) is 0 Å². The first-order valence-electron chi connectivity index (χ1n) is 5.91. The predicted molar refractivity (Wildman–Crippen MR) is 58.9 cm³/mol. The Labute approximate surface area is 87.3 Å². The van der Waals surface area contributed by atoms with Crippen LogP contribution in [0.1, 0.15) is 45.4 Å². The molecule has 0 aromatic rings. The minimum absolute atomic E-state index is 0.130. The summed E-state index contributed by atoms with van der Waals surface area (Å²) in [4.78, 5) is 2.29. The van der Waals surface area contributed by atoms with E-state index in [2.05, 4.69) is 11.8 Å². The van der Waals surface area contributed by atoms with E-state index in [-0.39, 0.29) is 12.8 Å². The lowest BCUT2D eigenvalue weighted by Crippen LogP contribution is -2.49. The van der Waals surface area contributed by atoms with E-state index in [1.54, 1.807) is 0 Å². The average molecular weight is 200 g/mol. The SMILES string of the molecule is CCC(N)N(CCO)C1CCCCC1. The van der Waals surface area contributed by atoms with E-state index in [4.69, 9.17) is 10.8 Å². The van der Waals surface area contributed by atoms with Crippen molar-refractivity contribution in [2.45, 2.75) is 57.7 Å². The van der Waals surface area contributed by atoms with Gasteiger partial charge in [-0.2, -0.15) is 0 Å². The molecule has 3 heteroatoms. The molecule has 0 bridgehead atoms. The number of nitrogens with two attached hydrogens (primary N) is 1. The van der Waals surface area contributed by atoms with Gasteiger partial charge < -0.3 is 10.8 Å². The van der Waals surface area contributed by atoms with Gasteiger partial charge >= 0.3 is 0 Å². The highest BCUT2D eigenvalue weighted by Gasteiger charge is 2.23. The minimum Gasteiger partial charge on any atom is -0.395 e. The second-order valence-corrected chi connectivity index (χ2v) is 4.23. The highest BCUT2D eigenvalue weighted by Crippen LogP contribution is 2.23. The van der Waals surface area contributed by atoms with E-state index in [0.29, 0.717) is 6.04 Å². The van der Waals surface area contributed by atoms with Crippen LogP contribution in [0, 0.1) is 0 Å². The molecule has 1 fully saturated rings. The van der Waals surface area contributed by atoms with E-state index in [9.17, 15) is 0 Å². The molecule has 0 aromatic heterocycles. The third kappa shape index (κ3) is 3.23. The number of rotatable bonds is 5. The van der Waals surface area contributed by atoms with Gasteiger partial charge in [-0.1, -0.05) is 26.2 Å². The van der Waals surface area contributed by atoms with Crippen molar-refractivity contribution in [2.24, 2.45) is 5.73 Å². The van der Waals surface area contributed by atoms with Crippen molar-refractivity contribution < 1.29 is 5.11 Å². The highest BCUT2D eigenvalue weighted by molar-refractivity contribution is 4.78. The molecule has 1 atom stereocenters. The first-order chi connectivity index (χ1) is 6.79. The van der Waals surface area contributed by atoms with E-state index in [1.807, 2.05) is 0 Å². The molecule has 1 saturated carbocycles. The minimum atomic E-state index is 0.130. The zero-order valence-corrected chi connectivity index (χ0v) is 9.28. The second kappa shape index (κ2) is 6.38. The number of hydrogen-bond acceptors (Lipinski definition) is 3. The Balaban J connectivity index is 2.46. The molecule has 3 N–H and O–H groups in total. The molecule has 14 heavy (non-hydrogen) atoms. The van der Waals surface area contributed by atoms with Gasteiger partial charge in [0.1, 0.15) is 0 Å². The molecule has 0 aromatic carbocycles. The molecule has 0 heterocycles. The molecule has 3 nitrogen and oxygen atoms in total. The maximum atomic E-state index is 9.01. The number of aliphatic hydroxyl groups is 1. The molecule has 0 aliphatic heterocycles. The first-order valence-corrected chi connectivity index (χ1v) is 5.91. The number of hydrogen-bond donors (Lipinski definition) is 2. The van der Waals surface area contributed by atoms with Crippen LogP contribution in [0.15, 0.2) is 0 Å². The summed E-state index contributed by atoms with van der Waals surface area (Å²) in [5, 5.41) is 9.01. The maximum Gasteiger partial charge on any atom is 0.0572 e. The molecule has 0 radical (unpaired) electrons. The zero-order valence-electron chi connectivity index (χ0n) is 9.28. The summed E-state index contributed by atoms with van der Waals surface area (Å²) < 4.78 is 0. The lowest BCUT2D eigenvalue weighted by atomic mass is 9.93. The first kappa shape index (κ1) is 12.0. The van der Waals surface area contributed by atoms with E-state index in [0.717, 1.165) is 13.0 Å². The standard InChI is InChI=1S/C11H24N2O/c1-2-11(12)13(8-9-14)10-6-4-3-5-7-10/h10-11,14H,2-9,12H2,1H3. The molecule has 1 aliphatic rings. The Kier molecular flexibility index (Phi) is 5.45. The van der Waals surface area contributed by atoms with Gasteiger partial charge in [-0.15, -0.1) is 0 Å². The molecule has 0 amide bonds. The van der Waals surface area contributed by atoms with Gasteiger partial charge in [-0.25, -0.2) is 0 Å². The Morgan fingerprint density at radius 3 is 2.50 bits per heavy atom. The van der Waals surface area contributed by atoms with Crippen LogP contribution < -0.4 is 5.73 Å². The van der Waals surface area contributed by atoms with Crippen molar-refractivity contribution in [1.82, 2.24) is 4.90 Å². The molecule has 1 rings (SSSR count). The van der Waals surface area contributed by atoms with Crippen LogP contribution in [0.25, 0.3) is 0 Å². The highest BCUT2D eigenvalue weighted by atomic mass is 16.3. The van der Waals surface area contributed by atoms with Crippen LogP contribution in [0.4, 0.5) is 0 Å². The largest absolute Gasteiger partial charge is 0.395 e.